The summed E-state index contributed by atoms with van der Waals surface area (Å²) in [6.07, 6.45) is 1.08. The average molecular weight is 198 g/mol. The molecule has 13 heavy (non-hydrogen) atoms. The molecule has 0 saturated heterocycles. The maximum atomic E-state index is 5.77. The van der Waals surface area contributed by atoms with Crippen molar-refractivity contribution >= 4 is 11.6 Å². The molecule has 0 aliphatic carbocycles. The van der Waals surface area contributed by atoms with Crippen LogP contribution in [0.4, 0.5) is 0 Å². The summed E-state index contributed by atoms with van der Waals surface area (Å²) in [4.78, 5) is 0. The van der Waals surface area contributed by atoms with E-state index >= 15 is 0 Å². The largest absolute Gasteiger partial charge is 0.309 e. The van der Waals surface area contributed by atoms with E-state index in [1.54, 1.807) is 0 Å². The highest BCUT2D eigenvalue weighted by molar-refractivity contribution is 6.18. The molecular weight excluding hydrogens is 182 g/mol. The smallest absolute Gasteiger partial charge is 0.0377 e. The normalized spacial score (nSPS) is 12.8. The van der Waals surface area contributed by atoms with E-state index in [0.717, 1.165) is 13.0 Å². The fraction of sp³-hybridized carbons (Fsp3) is 0.455. The molecule has 0 aromatic heterocycles. The third-order valence-electron chi connectivity index (χ3n) is 2.12. The van der Waals surface area contributed by atoms with Gasteiger partial charge in [-0.1, -0.05) is 37.3 Å². The Hall–Kier alpha value is -0.530. The molecule has 1 nitrogen and oxygen atoms in total. The summed E-state index contributed by atoms with van der Waals surface area (Å²) in [7, 11) is 0. The van der Waals surface area contributed by atoms with Crippen molar-refractivity contribution in [3.63, 3.8) is 0 Å². The van der Waals surface area contributed by atoms with Crippen LogP contribution in [-0.4, -0.2) is 11.9 Å². The van der Waals surface area contributed by atoms with Gasteiger partial charge < -0.3 is 5.32 Å². The van der Waals surface area contributed by atoms with Gasteiger partial charge in [0.1, 0.15) is 0 Å². The summed E-state index contributed by atoms with van der Waals surface area (Å²) in [6.45, 7) is 3.05. The first kappa shape index (κ1) is 10.6. The predicted octanol–water partition coefficient (Wildman–Crippen LogP) is 2.79. The standard InChI is InChI=1S/C11H16ClN/c1-2-11(8-12)13-9-10-6-4-3-5-7-10/h3-7,11,13H,2,8-9H2,1H3. The zero-order valence-corrected chi connectivity index (χ0v) is 8.72. The lowest BCUT2D eigenvalue weighted by atomic mass is 10.2. The molecule has 1 rings (SSSR count). The van der Waals surface area contributed by atoms with Gasteiger partial charge in [0.2, 0.25) is 0 Å². The average Bonchev–Trinajstić information content (AvgIpc) is 2.21. The van der Waals surface area contributed by atoms with Crippen LogP contribution in [0.5, 0.6) is 0 Å². The van der Waals surface area contributed by atoms with E-state index in [1.165, 1.54) is 5.56 Å². The number of nitrogens with one attached hydrogen (secondary N) is 1. The fourth-order valence-corrected chi connectivity index (χ4v) is 1.49. The van der Waals surface area contributed by atoms with Crippen LogP contribution in [0, 0.1) is 0 Å². The Bertz CT molecular complexity index is 219. The first-order valence-corrected chi connectivity index (χ1v) is 5.23. The summed E-state index contributed by atoms with van der Waals surface area (Å²) in [5, 5.41) is 3.40. The van der Waals surface area contributed by atoms with Gasteiger partial charge >= 0.3 is 0 Å². The lowest BCUT2D eigenvalue weighted by molar-refractivity contribution is 0.539. The van der Waals surface area contributed by atoms with Gasteiger partial charge in [0.15, 0.2) is 0 Å². The van der Waals surface area contributed by atoms with Gasteiger partial charge in [-0.05, 0) is 12.0 Å². The van der Waals surface area contributed by atoms with Crippen LogP contribution in [0.15, 0.2) is 30.3 Å². The lowest BCUT2D eigenvalue weighted by Crippen LogP contribution is -2.29. The Balaban J connectivity index is 2.34. The van der Waals surface area contributed by atoms with Crippen LogP contribution in [0.25, 0.3) is 0 Å². The van der Waals surface area contributed by atoms with Crippen molar-refractivity contribution in [3.8, 4) is 0 Å². The number of rotatable bonds is 5. The molecule has 0 radical (unpaired) electrons. The van der Waals surface area contributed by atoms with E-state index in [0.29, 0.717) is 11.9 Å². The molecule has 0 saturated carbocycles. The third-order valence-corrected chi connectivity index (χ3v) is 2.49. The number of benzene rings is 1. The van der Waals surface area contributed by atoms with Gasteiger partial charge in [-0.15, -0.1) is 11.6 Å². The molecule has 1 aromatic carbocycles. The van der Waals surface area contributed by atoms with Gasteiger partial charge in [0.05, 0.1) is 0 Å². The summed E-state index contributed by atoms with van der Waals surface area (Å²) in [5.74, 6) is 0.684. The van der Waals surface area contributed by atoms with Gasteiger partial charge in [-0.2, -0.15) is 0 Å². The molecule has 2 heteroatoms. The molecule has 72 valence electrons. The fourth-order valence-electron chi connectivity index (χ4n) is 1.17. The molecule has 1 atom stereocenters. The summed E-state index contributed by atoms with van der Waals surface area (Å²) in [6, 6.07) is 10.8. The van der Waals surface area contributed by atoms with Gasteiger partial charge in [0.25, 0.3) is 0 Å². The van der Waals surface area contributed by atoms with Crippen molar-refractivity contribution in [1.82, 2.24) is 5.32 Å². The maximum Gasteiger partial charge on any atom is 0.0377 e. The number of alkyl halides is 1. The SMILES string of the molecule is CCC(CCl)NCc1ccccc1. The second kappa shape index (κ2) is 6.01. The lowest BCUT2D eigenvalue weighted by Gasteiger charge is -2.13. The number of hydrogen-bond acceptors (Lipinski definition) is 1. The molecule has 0 aliphatic heterocycles. The molecular formula is C11H16ClN. The number of hydrogen-bond donors (Lipinski definition) is 1. The highest BCUT2D eigenvalue weighted by Gasteiger charge is 2.02. The van der Waals surface area contributed by atoms with Crippen LogP contribution in [0.3, 0.4) is 0 Å². The van der Waals surface area contributed by atoms with Crippen molar-refractivity contribution in [2.45, 2.75) is 25.9 Å². The molecule has 1 aromatic rings. The van der Waals surface area contributed by atoms with Crippen LogP contribution in [0.1, 0.15) is 18.9 Å². The molecule has 0 bridgehead atoms. The van der Waals surface area contributed by atoms with Crippen LogP contribution < -0.4 is 5.32 Å². The van der Waals surface area contributed by atoms with Crippen LogP contribution >= 0.6 is 11.6 Å². The van der Waals surface area contributed by atoms with E-state index in [4.69, 9.17) is 11.6 Å². The first-order valence-electron chi connectivity index (χ1n) is 4.70. The highest BCUT2D eigenvalue weighted by atomic mass is 35.5. The van der Waals surface area contributed by atoms with Gasteiger partial charge in [0, 0.05) is 18.5 Å². The Kier molecular flexibility index (Phi) is 4.87. The summed E-state index contributed by atoms with van der Waals surface area (Å²) >= 11 is 5.77. The third kappa shape index (κ3) is 3.79. The number of halogens is 1. The molecule has 0 amide bonds. The Morgan fingerprint density at radius 3 is 2.54 bits per heavy atom. The van der Waals surface area contributed by atoms with E-state index in [9.17, 15) is 0 Å². The Labute approximate surface area is 85.1 Å². The zero-order valence-electron chi connectivity index (χ0n) is 7.96. The second-order valence-corrected chi connectivity index (χ2v) is 3.43. The Morgan fingerprint density at radius 2 is 2.00 bits per heavy atom. The van der Waals surface area contributed by atoms with E-state index < -0.39 is 0 Å². The minimum atomic E-state index is 0.432. The monoisotopic (exact) mass is 197 g/mol. The maximum absolute atomic E-state index is 5.77. The molecule has 0 heterocycles. The molecule has 0 spiro atoms. The van der Waals surface area contributed by atoms with Crippen molar-refractivity contribution in [1.29, 1.82) is 0 Å². The molecule has 0 aliphatic rings. The van der Waals surface area contributed by atoms with E-state index in [1.807, 2.05) is 6.07 Å². The molecule has 1 unspecified atom stereocenters. The Morgan fingerprint density at radius 1 is 1.31 bits per heavy atom. The quantitative estimate of drug-likeness (QED) is 0.716. The van der Waals surface area contributed by atoms with Gasteiger partial charge in [-0.3, -0.25) is 0 Å². The van der Waals surface area contributed by atoms with E-state index in [-0.39, 0.29) is 0 Å². The molecule has 1 N–H and O–H groups in total. The summed E-state index contributed by atoms with van der Waals surface area (Å²) in [5.41, 5.74) is 1.31. The van der Waals surface area contributed by atoms with Crippen molar-refractivity contribution in [2.75, 3.05) is 5.88 Å². The van der Waals surface area contributed by atoms with Crippen LogP contribution in [0.2, 0.25) is 0 Å². The van der Waals surface area contributed by atoms with Crippen LogP contribution in [-0.2, 0) is 6.54 Å². The van der Waals surface area contributed by atoms with Crippen molar-refractivity contribution in [3.05, 3.63) is 35.9 Å². The highest BCUT2D eigenvalue weighted by Crippen LogP contribution is 2.00. The van der Waals surface area contributed by atoms with Crippen molar-refractivity contribution in [2.24, 2.45) is 0 Å². The topological polar surface area (TPSA) is 12.0 Å². The summed E-state index contributed by atoms with van der Waals surface area (Å²) < 4.78 is 0. The first-order chi connectivity index (χ1) is 6.36. The minimum Gasteiger partial charge on any atom is -0.309 e. The second-order valence-electron chi connectivity index (χ2n) is 3.13. The van der Waals surface area contributed by atoms with E-state index in [2.05, 4.69) is 36.5 Å². The predicted molar refractivity (Wildman–Crippen MR) is 58.1 cm³/mol. The van der Waals surface area contributed by atoms with Crippen molar-refractivity contribution < 1.29 is 0 Å². The van der Waals surface area contributed by atoms with Gasteiger partial charge in [-0.25, -0.2) is 0 Å². The minimum absolute atomic E-state index is 0.432. The zero-order chi connectivity index (χ0) is 9.52. The molecule has 0 fully saturated rings.